The highest BCUT2D eigenvalue weighted by molar-refractivity contribution is 9.10. The van der Waals surface area contributed by atoms with Crippen molar-refractivity contribution >= 4 is 33.6 Å². The highest BCUT2D eigenvalue weighted by Gasteiger charge is 2.17. The van der Waals surface area contributed by atoms with E-state index in [1.807, 2.05) is 26.8 Å². The summed E-state index contributed by atoms with van der Waals surface area (Å²) in [5.41, 5.74) is 1.06. The Hall–Kier alpha value is -3.18. The molecule has 7 nitrogen and oxygen atoms in total. The van der Waals surface area contributed by atoms with Crippen molar-refractivity contribution in [2.45, 2.75) is 26.9 Å². The number of rotatable bonds is 7. The van der Waals surface area contributed by atoms with E-state index in [2.05, 4.69) is 21.2 Å². The van der Waals surface area contributed by atoms with Crippen molar-refractivity contribution in [2.75, 3.05) is 18.7 Å². The van der Waals surface area contributed by atoms with Gasteiger partial charge in [-0.05, 0) is 56.7 Å². The zero-order chi connectivity index (χ0) is 21.7. The van der Waals surface area contributed by atoms with Crippen LogP contribution in [-0.2, 0) is 4.79 Å². The maximum Gasteiger partial charge on any atom is 0.266 e. The molecule has 0 aromatic heterocycles. The third-order valence-corrected chi connectivity index (χ3v) is 4.71. The van der Waals surface area contributed by atoms with Crippen molar-refractivity contribution in [3.63, 3.8) is 0 Å². The Kier molecular flexibility index (Phi) is 6.85. The van der Waals surface area contributed by atoms with E-state index in [1.165, 1.54) is 6.08 Å². The van der Waals surface area contributed by atoms with E-state index in [4.69, 9.17) is 18.9 Å². The highest BCUT2D eigenvalue weighted by atomic mass is 79.9. The van der Waals surface area contributed by atoms with Gasteiger partial charge in [-0.25, -0.2) is 0 Å². The maximum atomic E-state index is 12.6. The van der Waals surface area contributed by atoms with Crippen molar-refractivity contribution in [1.82, 2.24) is 0 Å². The van der Waals surface area contributed by atoms with E-state index in [-0.39, 0.29) is 18.5 Å². The first kappa shape index (κ1) is 21.5. The number of nitriles is 1. The third kappa shape index (κ3) is 5.05. The molecule has 1 aliphatic rings. The van der Waals surface area contributed by atoms with Gasteiger partial charge in [-0.15, -0.1) is 0 Å². The zero-order valence-corrected chi connectivity index (χ0v) is 18.4. The molecule has 1 heterocycles. The van der Waals surface area contributed by atoms with Crippen LogP contribution < -0.4 is 24.3 Å². The number of carbonyl (C=O) groups is 1. The minimum atomic E-state index is -0.538. The molecule has 0 fully saturated rings. The number of ether oxygens (including phenoxy) is 4. The summed E-state index contributed by atoms with van der Waals surface area (Å²) in [6.07, 6.45) is 1.47. The second-order valence-electron chi connectivity index (χ2n) is 6.61. The van der Waals surface area contributed by atoms with E-state index in [9.17, 15) is 10.1 Å². The number of anilines is 1. The fraction of sp³-hybridized carbons (Fsp3) is 0.273. The van der Waals surface area contributed by atoms with E-state index in [1.54, 1.807) is 30.3 Å². The van der Waals surface area contributed by atoms with E-state index >= 15 is 0 Å². The number of hydrogen-bond acceptors (Lipinski definition) is 6. The monoisotopic (exact) mass is 472 g/mol. The number of nitrogens with one attached hydrogen (secondary N) is 1. The number of hydrogen-bond donors (Lipinski definition) is 1. The lowest BCUT2D eigenvalue weighted by atomic mass is 10.1. The van der Waals surface area contributed by atoms with E-state index in [0.717, 1.165) is 0 Å². The molecule has 2 aromatic carbocycles. The summed E-state index contributed by atoms with van der Waals surface area (Å²) in [5.74, 6) is 1.73. The maximum absolute atomic E-state index is 12.6. The third-order valence-electron chi connectivity index (χ3n) is 4.02. The fourth-order valence-corrected chi connectivity index (χ4v) is 3.19. The normalized spacial score (nSPS) is 12.5. The molecule has 1 aliphatic heterocycles. The van der Waals surface area contributed by atoms with Crippen molar-refractivity contribution in [2.24, 2.45) is 0 Å². The lowest BCUT2D eigenvalue weighted by molar-refractivity contribution is -0.112. The Balaban J connectivity index is 1.86. The summed E-state index contributed by atoms with van der Waals surface area (Å²) in [7, 11) is 0. The Morgan fingerprint density at radius 3 is 2.73 bits per heavy atom. The predicted molar refractivity (Wildman–Crippen MR) is 116 cm³/mol. The number of benzene rings is 2. The zero-order valence-electron chi connectivity index (χ0n) is 16.8. The van der Waals surface area contributed by atoms with Crippen molar-refractivity contribution in [3.05, 3.63) is 45.9 Å². The standard InChI is InChI=1S/C22H21BrN2O5/c1-4-27-19-8-14(17(23)10-21(19)30-13(2)3)7-15(11-24)22(26)25-16-5-6-18-20(9-16)29-12-28-18/h5-10,13H,4,12H2,1-3H3,(H,25,26)/b15-7-. The first-order valence-electron chi connectivity index (χ1n) is 9.37. The minimum absolute atomic E-state index is 0.0281. The smallest absolute Gasteiger partial charge is 0.266 e. The van der Waals surface area contributed by atoms with Crippen LogP contribution in [0.3, 0.4) is 0 Å². The van der Waals surface area contributed by atoms with Crippen LogP contribution in [0.1, 0.15) is 26.3 Å². The van der Waals surface area contributed by atoms with Crippen LogP contribution in [0.2, 0.25) is 0 Å². The Morgan fingerprint density at radius 1 is 1.27 bits per heavy atom. The molecule has 0 unspecified atom stereocenters. The average molecular weight is 473 g/mol. The molecule has 30 heavy (non-hydrogen) atoms. The van der Waals surface area contributed by atoms with Gasteiger partial charge < -0.3 is 24.3 Å². The molecule has 0 bridgehead atoms. The van der Waals surface area contributed by atoms with Gasteiger partial charge in [0.15, 0.2) is 23.0 Å². The summed E-state index contributed by atoms with van der Waals surface area (Å²) >= 11 is 3.48. The molecular weight excluding hydrogens is 452 g/mol. The van der Waals surface area contributed by atoms with Crippen LogP contribution in [-0.4, -0.2) is 25.4 Å². The molecule has 2 aromatic rings. The molecule has 0 atom stereocenters. The van der Waals surface area contributed by atoms with Crippen LogP contribution in [0.25, 0.3) is 6.08 Å². The molecule has 0 saturated heterocycles. The Morgan fingerprint density at radius 2 is 2.03 bits per heavy atom. The summed E-state index contributed by atoms with van der Waals surface area (Å²) in [6.45, 7) is 6.31. The van der Waals surface area contributed by atoms with Crippen molar-refractivity contribution in [1.29, 1.82) is 5.26 Å². The van der Waals surface area contributed by atoms with Gasteiger partial charge in [0, 0.05) is 16.2 Å². The number of carbonyl (C=O) groups excluding carboxylic acids is 1. The fourth-order valence-electron chi connectivity index (χ4n) is 2.75. The minimum Gasteiger partial charge on any atom is -0.490 e. The second-order valence-corrected chi connectivity index (χ2v) is 7.47. The second kappa shape index (κ2) is 9.55. The van der Waals surface area contributed by atoms with Gasteiger partial charge in [0.05, 0.1) is 12.7 Å². The van der Waals surface area contributed by atoms with Gasteiger partial charge in [-0.3, -0.25) is 4.79 Å². The van der Waals surface area contributed by atoms with Crippen LogP contribution in [0.5, 0.6) is 23.0 Å². The quantitative estimate of drug-likeness (QED) is 0.454. The Labute approximate surface area is 183 Å². The van der Waals surface area contributed by atoms with E-state index in [0.29, 0.717) is 45.3 Å². The molecule has 0 saturated carbocycles. The van der Waals surface area contributed by atoms with E-state index < -0.39 is 5.91 Å². The molecule has 0 spiro atoms. The summed E-state index contributed by atoms with van der Waals surface area (Å²) < 4.78 is 22.7. The first-order chi connectivity index (χ1) is 14.4. The van der Waals surface area contributed by atoms with Gasteiger partial charge in [0.25, 0.3) is 5.91 Å². The molecule has 0 aliphatic carbocycles. The number of amides is 1. The van der Waals surface area contributed by atoms with Crippen molar-refractivity contribution < 1.29 is 23.7 Å². The molecule has 156 valence electrons. The number of nitrogens with zero attached hydrogens (tertiary/aromatic N) is 1. The van der Waals surface area contributed by atoms with Gasteiger partial charge >= 0.3 is 0 Å². The summed E-state index contributed by atoms with van der Waals surface area (Å²) in [6, 6.07) is 10.5. The number of fused-ring (bicyclic) bond motifs is 1. The van der Waals surface area contributed by atoms with Gasteiger partial charge in [-0.2, -0.15) is 5.26 Å². The van der Waals surface area contributed by atoms with Gasteiger partial charge in [-0.1, -0.05) is 15.9 Å². The highest BCUT2D eigenvalue weighted by Crippen LogP contribution is 2.36. The topological polar surface area (TPSA) is 89.8 Å². The summed E-state index contributed by atoms with van der Waals surface area (Å²) in [5, 5.41) is 12.2. The molecule has 3 rings (SSSR count). The molecule has 1 N–H and O–H groups in total. The largest absolute Gasteiger partial charge is 0.490 e. The molecule has 1 amide bonds. The van der Waals surface area contributed by atoms with Gasteiger partial charge in [0.2, 0.25) is 6.79 Å². The van der Waals surface area contributed by atoms with Crippen LogP contribution in [0.4, 0.5) is 5.69 Å². The van der Waals surface area contributed by atoms with Crippen LogP contribution in [0.15, 0.2) is 40.4 Å². The lowest BCUT2D eigenvalue weighted by Gasteiger charge is -2.16. The average Bonchev–Trinajstić information content (AvgIpc) is 3.16. The summed E-state index contributed by atoms with van der Waals surface area (Å²) in [4.78, 5) is 12.6. The van der Waals surface area contributed by atoms with Crippen molar-refractivity contribution in [3.8, 4) is 29.1 Å². The SMILES string of the molecule is CCOc1cc(/C=C(/C#N)C(=O)Nc2ccc3c(c2)OCO3)c(Br)cc1OC(C)C. The van der Waals surface area contributed by atoms with Crippen LogP contribution in [0, 0.1) is 11.3 Å². The molecular formula is C22H21BrN2O5. The lowest BCUT2D eigenvalue weighted by Crippen LogP contribution is -2.13. The number of halogens is 1. The predicted octanol–water partition coefficient (Wildman–Crippen LogP) is 4.91. The van der Waals surface area contributed by atoms with Crippen LogP contribution >= 0.6 is 15.9 Å². The first-order valence-corrected chi connectivity index (χ1v) is 10.2. The molecule has 0 radical (unpaired) electrons. The van der Waals surface area contributed by atoms with Gasteiger partial charge in [0.1, 0.15) is 11.6 Å². The molecule has 8 heteroatoms. The Bertz CT molecular complexity index is 1030.